The molecular weight excluding hydrogens is 180 g/mol. The van der Waals surface area contributed by atoms with Gasteiger partial charge >= 0.3 is 0 Å². The molecule has 0 saturated carbocycles. The summed E-state index contributed by atoms with van der Waals surface area (Å²) < 4.78 is 0. The summed E-state index contributed by atoms with van der Waals surface area (Å²) in [5.74, 6) is 2.17. The fraction of sp³-hybridized carbons (Fsp3) is 0.200. The van der Waals surface area contributed by atoms with E-state index in [1.807, 2.05) is 0 Å². The van der Waals surface area contributed by atoms with Crippen LogP contribution in [0, 0.1) is 12.3 Å². The summed E-state index contributed by atoms with van der Waals surface area (Å²) in [6.45, 7) is 0.439. The van der Waals surface area contributed by atoms with Crippen LogP contribution < -0.4 is 10.9 Å². The molecule has 14 heavy (non-hydrogen) atoms. The molecule has 0 aliphatic carbocycles. The molecule has 1 rings (SSSR count). The minimum atomic E-state index is -0.239. The van der Waals surface area contributed by atoms with Gasteiger partial charge in [-0.3, -0.25) is 9.59 Å². The lowest BCUT2D eigenvalue weighted by molar-refractivity contribution is 0.0954. The fourth-order valence-corrected chi connectivity index (χ4v) is 0.902. The Kier molecular flexibility index (Phi) is 3.50. The lowest BCUT2D eigenvalue weighted by Gasteiger charge is -2.01. The van der Waals surface area contributed by atoms with E-state index in [0.29, 0.717) is 18.5 Å². The zero-order valence-electron chi connectivity index (χ0n) is 7.54. The van der Waals surface area contributed by atoms with Crippen LogP contribution in [0.2, 0.25) is 0 Å². The van der Waals surface area contributed by atoms with Gasteiger partial charge in [-0.05, 0) is 6.07 Å². The second-order valence-electron chi connectivity index (χ2n) is 2.65. The predicted molar refractivity (Wildman–Crippen MR) is 52.8 cm³/mol. The SMILES string of the molecule is C#CCCNC(=O)c1ccc(=O)[nH]c1. The number of H-pyrrole nitrogens is 1. The van der Waals surface area contributed by atoms with Crippen LogP contribution in [-0.2, 0) is 0 Å². The zero-order chi connectivity index (χ0) is 10.4. The minimum absolute atomic E-state index is 0.231. The van der Waals surface area contributed by atoms with Crippen molar-refractivity contribution in [2.24, 2.45) is 0 Å². The van der Waals surface area contributed by atoms with E-state index in [4.69, 9.17) is 6.42 Å². The molecule has 0 unspecified atom stereocenters. The average Bonchev–Trinajstić information content (AvgIpc) is 2.19. The second kappa shape index (κ2) is 4.87. The number of carbonyl (C=O) groups excluding carboxylic acids is 1. The molecule has 72 valence electrons. The number of terminal acetylenes is 1. The molecule has 0 saturated heterocycles. The van der Waals surface area contributed by atoms with Gasteiger partial charge in [0.25, 0.3) is 5.91 Å². The van der Waals surface area contributed by atoms with Gasteiger partial charge in [0.2, 0.25) is 5.56 Å². The monoisotopic (exact) mass is 190 g/mol. The van der Waals surface area contributed by atoms with Crippen molar-refractivity contribution in [3.63, 3.8) is 0 Å². The molecule has 1 aromatic rings. The Labute approximate surface area is 81.3 Å². The topological polar surface area (TPSA) is 62.0 Å². The zero-order valence-corrected chi connectivity index (χ0v) is 7.54. The number of amides is 1. The smallest absolute Gasteiger partial charge is 0.252 e. The molecule has 0 bridgehead atoms. The molecule has 0 aliphatic rings. The van der Waals surface area contributed by atoms with Gasteiger partial charge in [0.05, 0.1) is 5.56 Å². The highest BCUT2D eigenvalue weighted by Gasteiger charge is 2.02. The quantitative estimate of drug-likeness (QED) is 0.525. The summed E-state index contributed by atoms with van der Waals surface area (Å²) in [4.78, 5) is 24.4. The summed E-state index contributed by atoms with van der Waals surface area (Å²) >= 11 is 0. The molecule has 2 N–H and O–H groups in total. The summed E-state index contributed by atoms with van der Waals surface area (Å²) in [6.07, 6.45) is 6.89. The lowest BCUT2D eigenvalue weighted by atomic mass is 10.2. The van der Waals surface area contributed by atoms with Crippen molar-refractivity contribution in [3.05, 3.63) is 34.2 Å². The van der Waals surface area contributed by atoms with E-state index in [1.54, 1.807) is 0 Å². The fourth-order valence-electron chi connectivity index (χ4n) is 0.902. The van der Waals surface area contributed by atoms with Gasteiger partial charge < -0.3 is 10.3 Å². The molecule has 0 aliphatic heterocycles. The largest absolute Gasteiger partial charge is 0.351 e. The van der Waals surface area contributed by atoms with Crippen LogP contribution >= 0.6 is 0 Å². The maximum absolute atomic E-state index is 11.3. The van der Waals surface area contributed by atoms with Gasteiger partial charge in [-0.15, -0.1) is 12.3 Å². The molecule has 0 fully saturated rings. The third kappa shape index (κ3) is 2.79. The summed E-state index contributed by atoms with van der Waals surface area (Å²) in [7, 11) is 0. The highest BCUT2D eigenvalue weighted by atomic mass is 16.1. The Balaban J connectivity index is 2.58. The molecule has 1 aromatic heterocycles. The number of aromatic amines is 1. The molecule has 0 spiro atoms. The summed E-state index contributed by atoms with van der Waals surface area (Å²) in [5.41, 5.74) is 0.187. The first-order chi connectivity index (χ1) is 6.74. The van der Waals surface area contributed by atoms with E-state index >= 15 is 0 Å². The number of hydrogen-bond acceptors (Lipinski definition) is 2. The number of rotatable bonds is 3. The van der Waals surface area contributed by atoms with E-state index < -0.39 is 0 Å². The average molecular weight is 190 g/mol. The Morgan fingerprint density at radius 2 is 2.36 bits per heavy atom. The van der Waals surface area contributed by atoms with Crippen molar-refractivity contribution in [2.45, 2.75) is 6.42 Å². The third-order valence-electron chi connectivity index (χ3n) is 1.60. The van der Waals surface area contributed by atoms with Crippen LogP contribution in [0.15, 0.2) is 23.1 Å². The number of carbonyl (C=O) groups is 1. The van der Waals surface area contributed by atoms with Crippen molar-refractivity contribution < 1.29 is 4.79 Å². The Bertz CT molecular complexity index is 394. The molecule has 0 atom stereocenters. The van der Waals surface area contributed by atoms with Crippen LogP contribution in [0.4, 0.5) is 0 Å². The first kappa shape index (κ1) is 10.1. The van der Waals surface area contributed by atoms with E-state index in [1.165, 1.54) is 18.3 Å². The molecular formula is C10H10N2O2. The molecule has 0 radical (unpaired) electrons. The Morgan fingerprint density at radius 1 is 1.57 bits per heavy atom. The summed E-state index contributed by atoms with van der Waals surface area (Å²) in [5, 5.41) is 2.62. The molecule has 1 amide bonds. The van der Waals surface area contributed by atoms with E-state index in [9.17, 15) is 9.59 Å². The number of hydrogen-bond donors (Lipinski definition) is 2. The normalized spacial score (nSPS) is 9.07. The van der Waals surface area contributed by atoms with Crippen molar-refractivity contribution in [1.82, 2.24) is 10.3 Å². The van der Waals surface area contributed by atoms with Gasteiger partial charge in [-0.2, -0.15) is 0 Å². The first-order valence-corrected chi connectivity index (χ1v) is 4.14. The second-order valence-corrected chi connectivity index (χ2v) is 2.65. The third-order valence-corrected chi connectivity index (χ3v) is 1.60. The van der Waals surface area contributed by atoms with Crippen LogP contribution in [0.25, 0.3) is 0 Å². The van der Waals surface area contributed by atoms with Crippen molar-refractivity contribution in [3.8, 4) is 12.3 Å². The molecule has 0 aromatic carbocycles. The molecule has 4 nitrogen and oxygen atoms in total. The van der Waals surface area contributed by atoms with Gasteiger partial charge in [0.1, 0.15) is 0 Å². The summed E-state index contributed by atoms with van der Waals surface area (Å²) in [6, 6.07) is 2.76. The van der Waals surface area contributed by atoms with E-state index in [2.05, 4.69) is 16.2 Å². The minimum Gasteiger partial charge on any atom is -0.351 e. The van der Waals surface area contributed by atoms with E-state index in [0.717, 1.165) is 0 Å². The molecule has 1 heterocycles. The van der Waals surface area contributed by atoms with Gasteiger partial charge in [-0.25, -0.2) is 0 Å². The van der Waals surface area contributed by atoms with Crippen LogP contribution in [0.3, 0.4) is 0 Å². The van der Waals surface area contributed by atoms with Crippen molar-refractivity contribution in [2.75, 3.05) is 6.54 Å². The number of aromatic nitrogens is 1. The van der Waals surface area contributed by atoms with E-state index in [-0.39, 0.29) is 11.5 Å². The first-order valence-electron chi connectivity index (χ1n) is 4.14. The number of pyridine rings is 1. The van der Waals surface area contributed by atoms with Gasteiger partial charge in [0, 0.05) is 25.2 Å². The highest BCUT2D eigenvalue weighted by Crippen LogP contribution is 1.92. The maximum atomic E-state index is 11.3. The Hall–Kier alpha value is -2.02. The van der Waals surface area contributed by atoms with Gasteiger partial charge in [-0.1, -0.05) is 0 Å². The Morgan fingerprint density at radius 3 is 2.93 bits per heavy atom. The van der Waals surface area contributed by atoms with Crippen LogP contribution in [-0.4, -0.2) is 17.4 Å². The van der Waals surface area contributed by atoms with Crippen molar-refractivity contribution in [1.29, 1.82) is 0 Å². The van der Waals surface area contributed by atoms with Crippen LogP contribution in [0.5, 0.6) is 0 Å². The molecule has 4 heteroatoms. The predicted octanol–water partition coefficient (Wildman–Crippen LogP) is 0.128. The number of nitrogens with one attached hydrogen (secondary N) is 2. The highest BCUT2D eigenvalue weighted by molar-refractivity contribution is 5.93. The maximum Gasteiger partial charge on any atom is 0.252 e. The standard InChI is InChI=1S/C10H10N2O2/c1-2-3-6-11-10(14)8-4-5-9(13)12-7-8/h1,4-5,7H,3,6H2,(H,11,14)(H,12,13). The lowest BCUT2D eigenvalue weighted by Crippen LogP contribution is -2.24. The van der Waals surface area contributed by atoms with Crippen LogP contribution in [0.1, 0.15) is 16.8 Å². The van der Waals surface area contributed by atoms with Crippen molar-refractivity contribution >= 4 is 5.91 Å². The van der Waals surface area contributed by atoms with Gasteiger partial charge in [0.15, 0.2) is 0 Å².